The van der Waals surface area contributed by atoms with Crippen LogP contribution in [0.2, 0.25) is 0 Å². The minimum atomic E-state index is -0.0293. The molecule has 4 heteroatoms. The molecule has 0 radical (unpaired) electrons. The number of nitrogens with zero attached hydrogens (tertiary/aromatic N) is 1. The van der Waals surface area contributed by atoms with Gasteiger partial charge in [0.15, 0.2) is 0 Å². The summed E-state index contributed by atoms with van der Waals surface area (Å²) in [7, 11) is 1.83. The number of hydrogen-bond acceptors (Lipinski definition) is 2. The van der Waals surface area contributed by atoms with Gasteiger partial charge >= 0.3 is 0 Å². The molecule has 86 valence electrons. The molecule has 0 aliphatic carbocycles. The van der Waals surface area contributed by atoms with E-state index in [1.54, 1.807) is 0 Å². The minimum Gasteiger partial charge on any atom is -0.311 e. The van der Waals surface area contributed by atoms with Crippen molar-refractivity contribution >= 4 is 27.5 Å². The summed E-state index contributed by atoms with van der Waals surface area (Å²) in [4.78, 5) is 13.9. The van der Waals surface area contributed by atoms with Crippen LogP contribution in [0.15, 0.2) is 22.7 Å². The van der Waals surface area contributed by atoms with E-state index in [-0.39, 0.29) is 11.9 Å². The maximum absolute atomic E-state index is 12.0. The molecule has 1 fully saturated rings. The lowest BCUT2D eigenvalue weighted by atomic mass is 10.2. The van der Waals surface area contributed by atoms with Gasteiger partial charge in [0.2, 0.25) is 5.91 Å². The van der Waals surface area contributed by atoms with E-state index in [2.05, 4.69) is 21.2 Å². The maximum atomic E-state index is 12.0. The Hall–Kier alpha value is -0.870. The number of carbonyl (C=O) groups excluding carboxylic acids is 1. The lowest BCUT2D eigenvalue weighted by Crippen LogP contribution is -2.36. The largest absolute Gasteiger partial charge is 0.311 e. The van der Waals surface area contributed by atoms with Gasteiger partial charge < -0.3 is 10.2 Å². The van der Waals surface area contributed by atoms with Crippen molar-refractivity contribution in [1.29, 1.82) is 0 Å². The highest BCUT2D eigenvalue weighted by molar-refractivity contribution is 9.10. The third kappa shape index (κ3) is 1.87. The van der Waals surface area contributed by atoms with Crippen molar-refractivity contribution in [3.05, 3.63) is 28.2 Å². The zero-order valence-corrected chi connectivity index (χ0v) is 11.0. The number of amides is 1. The van der Waals surface area contributed by atoms with Gasteiger partial charge in [0, 0.05) is 16.7 Å². The van der Waals surface area contributed by atoms with Crippen LogP contribution in [0.5, 0.6) is 0 Å². The molecule has 3 nitrogen and oxygen atoms in total. The van der Waals surface area contributed by atoms with Crippen molar-refractivity contribution in [2.75, 3.05) is 18.5 Å². The Balaban J connectivity index is 2.32. The fraction of sp³-hybridized carbons (Fsp3) is 0.417. The van der Waals surface area contributed by atoms with Crippen LogP contribution in [0.4, 0.5) is 5.69 Å². The Labute approximate surface area is 104 Å². The van der Waals surface area contributed by atoms with Gasteiger partial charge in [-0.3, -0.25) is 4.79 Å². The molecule has 1 aromatic carbocycles. The molecule has 1 unspecified atom stereocenters. The topological polar surface area (TPSA) is 32.3 Å². The van der Waals surface area contributed by atoms with Crippen LogP contribution in [0.1, 0.15) is 12.0 Å². The fourth-order valence-corrected chi connectivity index (χ4v) is 2.43. The first-order valence-electron chi connectivity index (χ1n) is 5.39. The first-order chi connectivity index (χ1) is 7.65. The summed E-state index contributed by atoms with van der Waals surface area (Å²) in [5, 5.41) is 3.04. The normalized spacial score (nSPS) is 20.6. The average molecular weight is 283 g/mol. The molecule has 0 bridgehead atoms. The van der Waals surface area contributed by atoms with Gasteiger partial charge in [-0.15, -0.1) is 0 Å². The van der Waals surface area contributed by atoms with E-state index in [1.165, 1.54) is 0 Å². The molecule has 16 heavy (non-hydrogen) atoms. The van der Waals surface area contributed by atoms with E-state index >= 15 is 0 Å². The highest BCUT2D eigenvalue weighted by Gasteiger charge is 2.31. The molecule has 1 saturated heterocycles. The summed E-state index contributed by atoms with van der Waals surface area (Å²) in [6, 6.07) is 5.93. The lowest BCUT2D eigenvalue weighted by Gasteiger charge is -2.19. The van der Waals surface area contributed by atoms with Crippen LogP contribution in [0, 0.1) is 6.92 Å². The van der Waals surface area contributed by atoms with Gasteiger partial charge in [-0.2, -0.15) is 0 Å². The number of anilines is 1. The summed E-state index contributed by atoms with van der Waals surface area (Å²) in [5.41, 5.74) is 2.13. The zero-order valence-electron chi connectivity index (χ0n) is 9.46. The van der Waals surface area contributed by atoms with Crippen LogP contribution in [0.25, 0.3) is 0 Å². The van der Waals surface area contributed by atoms with Gasteiger partial charge in [0.05, 0.1) is 6.04 Å². The van der Waals surface area contributed by atoms with E-state index in [1.807, 2.05) is 37.1 Å². The smallest absolute Gasteiger partial charge is 0.244 e. The number of hydrogen-bond donors (Lipinski definition) is 1. The monoisotopic (exact) mass is 282 g/mol. The van der Waals surface area contributed by atoms with Crippen LogP contribution in [-0.4, -0.2) is 25.5 Å². The molecule has 2 rings (SSSR count). The summed E-state index contributed by atoms with van der Waals surface area (Å²) in [6.07, 6.45) is 0.876. The van der Waals surface area contributed by atoms with Crippen molar-refractivity contribution in [3.63, 3.8) is 0 Å². The van der Waals surface area contributed by atoms with Gasteiger partial charge in [0.25, 0.3) is 0 Å². The van der Waals surface area contributed by atoms with Crippen molar-refractivity contribution in [3.8, 4) is 0 Å². The fourth-order valence-electron chi connectivity index (χ4n) is 2.08. The Bertz CT molecular complexity index is 419. The van der Waals surface area contributed by atoms with Crippen LogP contribution >= 0.6 is 15.9 Å². The predicted molar refractivity (Wildman–Crippen MR) is 68.7 cm³/mol. The zero-order chi connectivity index (χ0) is 11.7. The summed E-state index contributed by atoms with van der Waals surface area (Å²) < 4.78 is 1.05. The standard InChI is InChI=1S/C12H15BrN2O/c1-8-9(13)4-3-5-11(8)15-7-6-10(14-2)12(15)16/h3-5,10,14H,6-7H2,1-2H3. The number of nitrogens with one attached hydrogen (secondary N) is 1. The Kier molecular flexibility index (Phi) is 3.30. The Morgan fingerprint density at radius 2 is 2.25 bits per heavy atom. The highest BCUT2D eigenvalue weighted by atomic mass is 79.9. The Morgan fingerprint density at radius 3 is 2.88 bits per heavy atom. The molecular formula is C12H15BrN2O. The first kappa shape index (κ1) is 11.6. The van der Waals surface area contributed by atoms with E-state index < -0.39 is 0 Å². The van der Waals surface area contributed by atoms with Crippen LogP contribution in [-0.2, 0) is 4.79 Å². The molecule has 1 aromatic rings. The van der Waals surface area contributed by atoms with Gasteiger partial charge in [-0.05, 0) is 38.1 Å². The second kappa shape index (κ2) is 4.55. The van der Waals surface area contributed by atoms with E-state index in [9.17, 15) is 4.79 Å². The van der Waals surface area contributed by atoms with E-state index in [0.29, 0.717) is 0 Å². The molecule has 1 atom stereocenters. The maximum Gasteiger partial charge on any atom is 0.244 e. The molecular weight excluding hydrogens is 268 g/mol. The van der Waals surface area contributed by atoms with Crippen molar-refractivity contribution < 1.29 is 4.79 Å². The lowest BCUT2D eigenvalue weighted by molar-refractivity contribution is -0.118. The highest BCUT2D eigenvalue weighted by Crippen LogP contribution is 2.29. The first-order valence-corrected chi connectivity index (χ1v) is 6.18. The van der Waals surface area contributed by atoms with Crippen molar-refractivity contribution in [2.24, 2.45) is 0 Å². The number of likely N-dealkylation sites (N-methyl/N-ethyl adjacent to an activating group) is 1. The Morgan fingerprint density at radius 1 is 1.50 bits per heavy atom. The molecule has 1 amide bonds. The van der Waals surface area contributed by atoms with Crippen LogP contribution in [0.3, 0.4) is 0 Å². The van der Waals surface area contributed by atoms with E-state index in [4.69, 9.17) is 0 Å². The number of benzene rings is 1. The molecule has 0 aromatic heterocycles. The van der Waals surface area contributed by atoms with Crippen molar-refractivity contribution in [2.45, 2.75) is 19.4 Å². The second-order valence-corrected chi connectivity index (χ2v) is 4.86. The van der Waals surface area contributed by atoms with Gasteiger partial charge in [-0.25, -0.2) is 0 Å². The average Bonchev–Trinajstić information content (AvgIpc) is 2.64. The minimum absolute atomic E-state index is 0.0293. The number of carbonyl (C=O) groups is 1. The van der Waals surface area contributed by atoms with Gasteiger partial charge in [-0.1, -0.05) is 22.0 Å². The molecule has 1 heterocycles. The number of rotatable bonds is 2. The summed E-state index contributed by atoms with van der Waals surface area (Å²) >= 11 is 3.49. The van der Waals surface area contributed by atoms with Crippen LogP contribution < -0.4 is 10.2 Å². The molecule has 0 spiro atoms. The molecule has 1 aliphatic heterocycles. The molecule has 1 aliphatic rings. The number of halogens is 1. The summed E-state index contributed by atoms with van der Waals surface area (Å²) in [5.74, 6) is 0.170. The quantitative estimate of drug-likeness (QED) is 0.901. The third-order valence-corrected chi connectivity index (χ3v) is 3.94. The summed E-state index contributed by atoms with van der Waals surface area (Å²) in [6.45, 7) is 2.82. The molecule has 0 saturated carbocycles. The van der Waals surface area contributed by atoms with Gasteiger partial charge in [0.1, 0.15) is 0 Å². The van der Waals surface area contributed by atoms with Crippen molar-refractivity contribution in [1.82, 2.24) is 5.32 Å². The second-order valence-electron chi connectivity index (χ2n) is 4.00. The predicted octanol–water partition coefficient (Wildman–Crippen LogP) is 2.08. The van der Waals surface area contributed by atoms with E-state index in [0.717, 1.165) is 28.7 Å². The molecule has 1 N–H and O–H groups in total. The third-order valence-electron chi connectivity index (χ3n) is 3.08. The SMILES string of the molecule is CNC1CCN(c2cccc(Br)c2C)C1=O.